The second-order valence-corrected chi connectivity index (χ2v) is 7.06. The summed E-state index contributed by atoms with van der Waals surface area (Å²) in [6.45, 7) is 4.31. The van der Waals surface area contributed by atoms with Gasteiger partial charge in [-0.25, -0.2) is 4.98 Å². The summed E-state index contributed by atoms with van der Waals surface area (Å²) in [4.78, 5) is 5.52. The van der Waals surface area contributed by atoms with Gasteiger partial charge in [-0.2, -0.15) is 4.37 Å². The van der Waals surface area contributed by atoms with Crippen molar-refractivity contribution in [3.05, 3.63) is 34.1 Å². The van der Waals surface area contributed by atoms with E-state index in [1.54, 1.807) is 18.9 Å². The van der Waals surface area contributed by atoms with Gasteiger partial charge in [0, 0.05) is 29.6 Å². The number of rotatable bonds is 7. The van der Waals surface area contributed by atoms with Crippen LogP contribution in [-0.4, -0.2) is 29.6 Å². The van der Waals surface area contributed by atoms with Crippen molar-refractivity contribution in [1.82, 2.24) is 14.7 Å². The highest BCUT2D eigenvalue weighted by Gasteiger charge is 2.06. The standard InChI is InChI=1S/C13H16BrN3OS2/c1-9-16-13(20-17-9)19-11-4-3-10(12(14)7-11)8-15-5-6-18-2/h3-4,7,15H,5-6,8H2,1-2H3. The van der Waals surface area contributed by atoms with Gasteiger partial charge in [0.1, 0.15) is 5.82 Å². The molecule has 20 heavy (non-hydrogen) atoms. The molecule has 4 nitrogen and oxygen atoms in total. The Labute approximate surface area is 135 Å². The zero-order chi connectivity index (χ0) is 14.4. The second kappa shape index (κ2) is 8.09. The van der Waals surface area contributed by atoms with Crippen LogP contribution in [-0.2, 0) is 11.3 Å². The average Bonchev–Trinajstić information content (AvgIpc) is 2.82. The van der Waals surface area contributed by atoms with Gasteiger partial charge in [0.05, 0.1) is 6.61 Å². The third-order valence-electron chi connectivity index (χ3n) is 2.54. The fraction of sp³-hybridized carbons (Fsp3) is 0.385. The molecule has 0 aliphatic rings. The lowest BCUT2D eigenvalue weighted by molar-refractivity contribution is 0.199. The summed E-state index contributed by atoms with van der Waals surface area (Å²) in [6.07, 6.45) is 0. The molecule has 108 valence electrons. The molecule has 1 heterocycles. The van der Waals surface area contributed by atoms with Crippen LogP contribution in [0.2, 0.25) is 0 Å². The van der Waals surface area contributed by atoms with Gasteiger partial charge in [0.2, 0.25) is 0 Å². The third kappa shape index (κ3) is 4.82. The zero-order valence-electron chi connectivity index (χ0n) is 11.4. The summed E-state index contributed by atoms with van der Waals surface area (Å²) in [7, 11) is 1.71. The molecule has 1 aromatic carbocycles. The number of halogens is 1. The van der Waals surface area contributed by atoms with E-state index in [0.717, 1.165) is 39.2 Å². The van der Waals surface area contributed by atoms with E-state index in [4.69, 9.17) is 4.74 Å². The molecule has 1 aromatic heterocycles. The lowest BCUT2D eigenvalue weighted by Gasteiger charge is -2.08. The number of hydrogen-bond donors (Lipinski definition) is 1. The fourth-order valence-electron chi connectivity index (χ4n) is 1.55. The van der Waals surface area contributed by atoms with Crippen molar-refractivity contribution in [2.45, 2.75) is 22.7 Å². The fourth-order valence-corrected chi connectivity index (χ4v) is 3.89. The summed E-state index contributed by atoms with van der Waals surface area (Å²) in [5.41, 5.74) is 1.24. The van der Waals surface area contributed by atoms with Crippen LogP contribution in [0, 0.1) is 6.92 Å². The Bertz CT molecular complexity index is 562. The van der Waals surface area contributed by atoms with Crippen molar-refractivity contribution in [3.8, 4) is 0 Å². The van der Waals surface area contributed by atoms with E-state index < -0.39 is 0 Å². The number of benzene rings is 1. The lowest BCUT2D eigenvalue weighted by Crippen LogP contribution is -2.18. The van der Waals surface area contributed by atoms with Gasteiger partial charge in [0.25, 0.3) is 0 Å². The SMILES string of the molecule is COCCNCc1ccc(Sc2nc(C)ns2)cc1Br. The number of nitrogens with one attached hydrogen (secondary N) is 1. The van der Waals surface area contributed by atoms with Gasteiger partial charge in [-0.1, -0.05) is 33.8 Å². The monoisotopic (exact) mass is 373 g/mol. The minimum atomic E-state index is 0.724. The molecule has 0 aliphatic carbocycles. The molecule has 1 N–H and O–H groups in total. The molecular formula is C13H16BrN3OS2. The highest BCUT2D eigenvalue weighted by Crippen LogP contribution is 2.31. The topological polar surface area (TPSA) is 47.0 Å². The van der Waals surface area contributed by atoms with Gasteiger partial charge in [0.15, 0.2) is 4.34 Å². The largest absolute Gasteiger partial charge is 0.383 e. The highest BCUT2D eigenvalue weighted by atomic mass is 79.9. The Balaban J connectivity index is 1.94. The normalized spacial score (nSPS) is 10.9. The van der Waals surface area contributed by atoms with Crippen molar-refractivity contribution < 1.29 is 4.74 Å². The highest BCUT2D eigenvalue weighted by molar-refractivity contribution is 9.10. The first-order valence-corrected chi connectivity index (χ1v) is 8.53. The molecule has 2 aromatic rings. The van der Waals surface area contributed by atoms with Crippen LogP contribution in [0.25, 0.3) is 0 Å². The predicted molar refractivity (Wildman–Crippen MR) is 86.5 cm³/mol. The minimum absolute atomic E-state index is 0.724. The van der Waals surface area contributed by atoms with Crippen molar-refractivity contribution in [2.24, 2.45) is 0 Å². The molecule has 0 saturated carbocycles. The molecule has 0 aliphatic heterocycles. The molecular weight excluding hydrogens is 358 g/mol. The molecule has 0 saturated heterocycles. The van der Waals surface area contributed by atoms with Crippen LogP contribution in [0.3, 0.4) is 0 Å². The Morgan fingerprint density at radius 2 is 2.30 bits per heavy atom. The van der Waals surface area contributed by atoms with Crippen LogP contribution in [0.15, 0.2) is 31.9 Å². The molecule has 7 heteroatoms. The van der Waals surface area contributed by atoms with Gasteiger partial charge in [-0.05, 0) is 36.2 Å². The summed E-state index contributed by atoms with van der Waals surface area (Å²) in [5, 5.41) is 3.33. The molecule has 0 bridgehead atoms. The predicted octanol–water partition coefficient (Wildman–Crippen LogP) is 3.50. The number of aromatic nitrogens is 2. The maximum Gasteiger partial charge on any atom is 0.174 e. The van der Waals surface area contributed by atoms with Crippen molar-refractivity contribution in [2.75, 3.05) is 20.3 Å². The smallest absolute Gasteiger partial charge is 0.174 e. The second-order valence-electron chi connectivity index (χ2n) is 4.13. The first-order valence-electron chi connectivity index (χ1n) is 6.15. The molecule has 0 radical (unpaired) electrons. The summed E-state index contributed by atoms with van der Waals surface area (Å²) in [5.74, 6) is 0.829. The maximum atomic E-state index is 5.01. The molecule has 0 atom stereocenters. The summed E-state index contributed by atoms with van der Waals surface area (Å²) in [6, 6.07) is 6.36. The van der Waals surface area contributed by atoms with Crippen LogP contribution in [0.4, 0.5) is 0 Å². The van der Waals surface area contributed by atoms with Crippen molar-refractivity contribution >= 4 is 39.2 Å². The number of hydrogen-bond acceptors (Lipinski definition) is 6. The first kappa shape index (κ1) is 15.9. The van der Waals surface area contributed by atoms with E-state index in [0.29, 0.717) is 0 Å². The van der Waals surface area contributed by atoms with Crippen LogP contribution in [0.5, 0.6) is 0 Å². The lowest BCUT2D eigenvalue weighted by atomic mass is 10.2. The molecule has 0 fully saturated rings. The molecule has 0 unspecified atom stereocenters. The van der Waals surface area contributed by atoms with Gasteiger partial charge in [-0.15, -0.1) is 0 Å². The van der Waals surface area contributed by atoms with Crippen LogP contribution in [0.1, 0.15) is 11.4 Å². The summed E-state index contributed by atoms with van der Waals surface area (Å²) < 4.78 is 11.3. The van der Waals surface area contributed by atoms with E-state index in [1.807, 2.05) is 6.92 Å². The quantitative estimate of drug-likeness (QED) is 0.752. The number of ether oxygens (including phenoxy) is 1. The minimum Gasteiger partial charge on any atom is -0.383 e. The van der Waals surface area contributed by atoms with E-state index in [9.17, 15) is 0 Å². The molecule has 2 rings (SSSR count). The van der Waals surface area contributed by atoms with Crippen molar-refractivity contribution in [1.29, 1.82) is 0 Å². The maximum absolute atomic E-state index is 5.01. The van der Waals surface area contributed by atoms with E-state index in [2.05, 4.69) is 48.8 Å². The zero-order valence-corrected chi connectivity index (χ0v) is 14.6. The van der Waals surface area contributed by atoms with Crippen LogP contribution >= 0.6 is 39.2 Å². The van der Waals surface area contributed by atoms with E-state index in [-0.39, 0.29) is 0 Å². The Morgan fingerprint density at radius 3 is 2.95 bits per heavy atom. The average molecular weight is 374 g/mol. The molecule has 0 amide bonds. The van der Waals surface area contributed by atoms with Gasteiger partial charge in [-0.3, -0.25) is 0 Å². The van der Waals surface area contributed by atoms with Gasteiger partial charge >= 0.3 is 0 Å². The van der Waals surface area contributed by atoms with Crippen molar-refractivity contribution in [3.63, 3.8) is 0 Å². The third-order valence-corrected chi connectivity index (χ3v) is 5.11. The van der Waals surface area contributed by atoms with E-state index >= 15 is 0 Å². The van der Waals surface area contributed by atoms with E-state index in [1.165, 1.54) is 17.1 Å². The number of aryl methyl sites for hydroxylation is 1. The van der Waals surface area contributed by atoms with Gasteiger partial charge < -0.3 is 10.1 Å². The number of methoxy groups -OCH3 is 1. The summed E-state index contributed by atoms with van der Waals surface area (Å²) >= 11 is 6.69. The number of nitrogens with zero attached hydrogens (tertiary/aromatic N) is 2. The van der Waals surface area contributed by atoms with Crippen LogP contribution < -0.4 is 5.32 Å². The molecule has 0 spiro atoms. The first-order chi connectivity index (χ1) is 9.69. The Kier molecular flexibility index (Phi) is 6.44. The Hall–Kier alpha value is -0.470. The Morgan fingerprint density at radius 1 is 1.45 bits per heavy atom.